The molecule has 16 heavy (non-hydrogen) atoms. The molecule has 1 unspecified atom stereocenters. The summed E-state index contributed by atoms with van der Waals surface area (Å²) in [6.07, 6.45) is 3.75. The minimum Gasteiger partial charge on any atom is -0.325 e. The number of piperidine rings is 1. The number of nitrogens with one attached hydrogen (secondary N) is 1. The van der Waals surface area contributed by atoms with E-state index in [0.29, 0.717) is 6.54 Å². The lowest BCUT2D eigenvalue weighted by Gasteiger charge is -2.31. The molecule has 0 aliphatic carbocycles. The lowest BCUT2D eigenvalue weighted by atomic mass is 9.93. The molecule has 0 spiro atoms. The lowest BCUT2D eigenvalue weighted by molar-refractivity contribution is 0.181. The molecule has 0 amide bonds. The van der Waals surface area contributed by atoms with Gasteiger partial charge in [0.2, 0.25) is 0 Å². The number of nitrogens with two attached hydrogens (primary N) is 1. The predicted molar refractivity (Wildman–Crippen MR) is 65.0 cm³/mol. The predicted octanol–water partition coefficient (Wildman–Crippen LogP) is 1.14. The highest BCUT2D eigenvalue weighted by Crippen LogP contribution is 2.19. The minimum absolute atomic E-state index is 0.554. The van der Waals surface area contributed by atoms with Crippen LogP contribution in [0.4, 0.5) is 0 Å². The molecule has 1 saturated heterocycles. The SMILES string of the molecule is CCN1CCCC(Cc2cc(CN)[nH]n2)C1. The summed E-state index contributed by atoms with van der Waals surface area (Å²) in [5.74, 6) is 0.766. The van der Waals surface area contributed by atoms with Crippen molar-refractivity contribution in [2.45, 2.75) is 32.7 Å². The Morgan fingerprint density at radius 3 is 3.19 bits per heavy atom. The molecule has 0 saturated carbocycles. The molecule has 0 radical (unpaired) electrons. The van der Waals surface area contributed by atoms with Crippen LogP contribution in [-0.2, 0) is 13.0 Å². The van der Waals surface area contributed by atoms with Crippen molar-refractivity contribution in [1.82, 2.24) is 15.1 Å². The summed E-state index contributed by atoms with van der Waals surface area (Å²) in [4.78, 5) is 2.53. The Morgan fingerprint density at radius 2 is 2.50 bits per heavy atom. The van der Waals surface area contributed by atoms with Crippen LogP contribution >= 0.6 is 0 Å². The van der Waals surface area contributed by atoms with Crippen molar-refractivity contribution in [3.8, 4) is 0 Å². The number of aromatic nitrogens is 2. The van der Waals surface area contributed by atoms with Gasteiger partial charge in [-0.1, -0.05) is 6.92 Å². The second-order valence-electron chi connectivity index (χ2n) is 4.69. The zero-order valence-electron chi connectivity index (χ0n) is 10.1. The zero-order valence-corrected chi connectivity index (χ0v) is 10.1. The Labute approximate surface area is 97.2 Å². The van der Waals surface area contributed by atoms with Crippen molar-refractivity contribution in [3.63, 3.8) is 0 Å². The van der Waals surface area contributed by atoms with Gasteiger partial charge in [0.15, 0.2) is 0 Å². The highest BCUT2D eigenvalue weighted by atomic mass is 15.1. The maximum Gasteiger partial charge on any atom is 0.0628 e. The van der Waals surface area contributed by atoms with Gasteiger partial charge in [0.1, 0.15) is 0 Å². The Hall–Kier alpha value is -0.870. The minimum atomic E-state index is 0.554. The molecule has 1 aromatic heterocycles. The van der Waals surface area contributed by atoms with Crippen molar-refractivity contribution in [2.75, 3.05) is 19.6 Å². The van der Waals surface area contributed by atoms with E-state index >= 15 is 0 Å². The van der Waals surface area contributed by atoms with Gasteiger partial charge in [-0.25, -0.2) is 0 Å². The molecule has 1 aromatic rings. The third-order valence-corrected chi connectivity index (χ3v) is 3.45. The molecule has 1 fully saturated rings. The van der Waals surface area contributed by atoms with Crippen molar-refractivity contribution < 1.29 is 0 Å². The first kappa shape index (κ1) is 11.6. The first-order valence-corrected chi connectivity index (χ1v) is 6.27. The van der Waals surface area contributed by atoms with E-state index in [2.05, 4.69) is 28.1 Å². The highest BCUT2D eigenvalue weighted by molar-refractivity contribution is 5.09. The van der Waals surface area contributed by atoms with Crippen LogP contribution in [0.1, 0.15) is 31.2 Å². The van der Waals surface area contributed by atoms with Crippen molar-refractivity contribution >= 4 is 0 Å². The average Bonchev–Trinajstić information content (AvgIpc) is 2.77. The lowest BCUT2D eigenvalue weighted by Crippen LogP contribution is -2.35. The Morgan fingerprint density at radius 1 is 1.62 bits per heavy atom. The molecule has 3 N–H and O–H groups in total. The molecule has 1 atom stereocenters. The van der Waals surface area contributed by atoms with Gasteiger partial charge in [0.25, 0.3) is 0 Å². The number of aromatic amines is 1. The third-order valence-electron chi connectivity index (χ3n) is 3.45. The van der Waals surface area contributed by atoms with Crippen LogP contribution < -0.4 is 5.73 Å². The van der Waals surface area contributed by atoms with Gasteiger partial charge in [0, 0.05) is 18.8 Å². The van der Waals surface area contributed by atoms with Crippen LogP contribution in [0.3, 0.4) is 0 Å². The standard InChI is InChI=1S/C12H22N4/c1-2-16-5-3-4-10(9-16)6-11-7-12(8-13)15-14-11/h7,10H,2-6,8-9,13H2,1H3,(H,14,15). The van der Waals surface area contributed by atoms with Gasteiger partial charge in [-0.15, -0.1) is 0 Å². The van der Waals surface area contributed by atoms with E-state index < -0.39 is 0 Å². The molecule has 4 nitrogen and oxygen atoms in total. The van der Waals surface area contributed by atoms with Crippen molar-refractivity contribution in [1.29, 1.82) is 0 Å². The van der Waals surface area contributed by atoms with E-state index in [1.54, 1.807) is 0 Å². The van der Waals surface area contributed by atoms with Crippen LogP contribution in [0.15, 0.2) is 6.07 Å². The fraction of sp³-hybridized carbons (Fsp3) is 0.750. The fourth-order valence-corrected chi connectivity index (χ4v) is 2.52. The van der Waals surface area contributed by atoms with Crippen LogP contribution in [-0.4, -0.2) is 34.7 Å². The summed E-state index contributed by atoms with van der Waals surface area (Å²) >= 11 is 0. The quantitative estimate of drug-likeness (QED) is 0.803. The van der Waals surface area contributed by atoms with Crippen LogP contribution in [0.5, 0.6) is 0 Å². The smallest absolute Gasteiger partial charge is 0.0628 e. The number of nitrogens with zero attached hydrogens (tertiary/aromatic N) is 2. The van der Waals surface area contributed by atoms with Gasteiger partial charge in [-0.2, -0.15) is 5.10 Å². The van der Waals surface area contributed by atoms with Gasteiger partial charge in [-0.05, 0) is 44.3 Å². The molecule has 0 aromatic carbocycles. The molecule has 90 valence electrons. The molecule has 2 heterocycles. The summed E-state index contributed by atoms with van der Waals surface area (Å²) < 4.78 is 0. The number of likely N-dealkylation sites (tertiary alicyclic amines) is 1. The maximum atomic E-state index is 5.56. The number of rotatable bonds is 4. The summed E-state index contributed by atoms with van der Waals surface area (Å²) in [6.45, 7) is 6.45. The number of H-pyrrole nitrogens is 1. The second-order valence-corrected chi connectivity index (χ2v) is 4.69. The molecule has 1 aliphatic heterocycles. The summed E-state index contributed by atoms with van der Waals surface area (Å²) in [5, 5.41) is 7.29. The fourth-order valence-electron chi connectivity index (χ4n) is 2.52. The maximum absolute atomic E-state index is 5.56. The first-order chi connectivity index (χ1) is 7.81. The van der Waals surface area contributed by atoms with E-state index in [9.17, 15) is 0 Å². The summed E-state index contributed by atoms with van der Waals surface area (Å²) in [5.41, 5.74) is 7.77. The van der Waals surface area contributed by atoms with E-state index in [1.807, 2.05) is 0 Å². The number of hydrogen-bond donors (Lipinski definition) is 2. The second kappa shape index (κ2) is 5.46. The molecular formula is C12H22N4. The Kier molecular flexibility index (Phi) is 3.96. The van der Waals surface area contributed by atoms with E-state index in [-0.39, 0.29) is 0 Å². The zero-order chi connectivity index (χ0) is 11.4. The molecule has 2 rings (SSSR count). The number of hydrogen-bond acceptors (Lipinski definition) is 3. The van der Waals surface area contributed by atoms with E-state index in [1.165, 1.54) is 38.2 Å². The first-order valence-electron chi connectivity index (χ1n) is 6.27. The Bertz CT molecular complexity index is 321. The Balaban J connectivity index is 1.88. The van der Waals surface area contributed by atoms with Gasteiger partial charge in [-0.3, -0.25) is 5.10 Å². The average molecular weight is 222 g/mol. The van der Waals surface area contributed by atoms with Crippen molar-refractivity contribution in [2.24, 2.45) is 11.7 Å². The third kappa shape index (κ3) is 2.83. The molecule has 4 heteroatoms. The molecule has 1 aliphatic rings. The van der Waals surface area contributed by atoms with E-state index in [4.69, 9.17) is 5.73 Å². The van der Waals surface area contributed by atoms with Gasteiger partial charge < -0.3 is 10.6 Å². The van der Waals surface area contributed by atoms with Gasteiger partial charge in [0.05, 0.1) is 5.69 Å². The van der Waals surface area contributed by atoms with Crippen LogP contribution in [0.2, 0.25) is 0 Å². The molecular weight excluding hydrogens is 200 g/mol. The summed E-state index contributed by atoms with van der Waals surface area (Å²) in [6, 6.07) is 2.10. The van der Waals surface area contributed by atoms with E-state index in [0.717, 1.165) is 18.0 Å². The highest BCUT2D eigenvalue weighted by Gasteiger charge is 2.19. The summed E-state index contributed by atoms with van der Waals surface area (Å²) in [7, 11) is 0. The monoisotopic (exact) mass is 222 g/mol. The van der Waals surface area contributed by atoms with Gasteiger partial charge >= 0.3 is 0 Å². The largest absolute Gasteiger partial charge is 0.325 e. The van der Waals surface area contributed by atoms with Crippen LogP contribution in [0.25, 0.3) is 0 Å². The normalized spacial score (nSPS) is 22.5. The van der Waals surface area contributed by atoms with Crippen molar-refractivity contribution in [3.05, 3.63) is 17.5 Å². The molecule has 0 bridgehead atoms. The van der Waals surface area contributed by atoms with Crippen LogP contribution in [0, 0.1) is 5.92 Å². The topological polar surface area (TPSA) is 57.9 Å².